The van der Waals surface area contributed by atoms with Crippen LogP contribution in [-0.2, 0) is 0 Å². The first-order valence-corrected chi connectivity index (χ1v) is 10.4. The van der Waals surface area contributed by atoms with E-state index in [1.54, 1.807) is 18.2 Å². The van der Waals surface area contributed by atoms with Gasteiger partial charge in [0.2, 0.25) is 0 Å². The Balaban J connectivity index is 2.23. The molecule has 0 bridgehead atoms. The van der Waals surface area contributed by atoms with Crippen molar-refractivity contribution in [2.75, 3.05) is 0 Å². The van der Waals surface area contributed by atoms with Gasteiger partial charge in [-0.2, -0.15) is 0 Å². The predicted molar refractivity (Wildman–Crippen MR) is 113 cm³/mol. The normalized spacial score (nSPS) is 12.9. The summed E-state index contributed by atoms with van der Waals surface area (Å²) in [5.74, 6) is 0. The van der Waals surface area contributed by atoms with Crippen molar-refractivity contribution in [1.82, 2.24) is 4.57 Å². The van der Waals surface area contributed by atoms with Crippen LogP contribution in [0.25, 0.3) is 11.3 Å². The van der Waals surface area contributed by atoms with E-state index < -0.39 is 0 Å². The number of nitrogens with zero attached hydrogens (tertiary/aromatic N) is 3. The lowest BCUT2D eigenvalue weighted by atomic mass is 10.1. The second kappa shape index (κ2) is 8.63. The number of hydrogen-bond donors (Lipinski definition) is 0. The van der Waals surface area contributed by atoms with E-state index in [0.717, 1.165) is 33.4 Å². The molecule has 7 heteroatoms. The molecule has 1 heterocycles. The Morgan fingerprint density at radius 3 is 2.63 bits per heavy atom. The van der Waals surface area contributed by atoms with Gasteiger partial charge in [-0.15, -0.1) is 11.3 Å². The number of nitro groups is 1. The summed E-state index contributed by atoms with van der Waals surface area (Å²) in [4.78, 5) is 16.4. The lowest BCUT2D eigenvalue weighted by molar-refractivity contribution is -0.384. The van der Waals surface area contributed by atoms with Gasteiger partial charge in [-0.1, -0.05) is 59.6 Å². The summed E-state index contributed by atoms with van der Waals surface area (Å²) in [6, 6.07) is 14.9. The molecule has 0 aliphatic carbocycles. The summed E-state index contributed by atoms with van der Waals surface area (Å²) in [6.07, 6.45) is 2.04. The lowest BCUT2D eigenvalue weighted by Crippen LogP contribution is -2.20. The number of para-hydroxylation sites is 2. The molecule has 3 aromatic rings. The van der Waals surface area contributed by atoms with Crippen LogP contribution in [0.4, 0.5) is 11.4 Å². The fourth-order valence-corrected chi connectivity index (χ4v) is 4.54. The van der Waals surface area contributed by atoms with E-state index in [1.807, 2.05) is 18.2 Å². The smallest absolute Gasteiger partial charge is 0.294 e. The first-order valence-electron chi connectivity index (χ1n) is 8.76. The number of nitro benzene ring substituents is 1. The van der Waals surface area contributed by atoms with Gasteiger partial charge in [0.15, 0.2) is 4.80 Å². The molecule has 0 saturated heterocycles. The summed E-state index contributed by atoms with van der Waals surface area (Å²) >= 11 is 5.14. The van der Waals surface area contributed by atoms with E-state index >= 15 is 0 Å². The first kappa shape index (κ1) is 19.5. The minimum atomic E-state index is -0.388. The van der Waals surface area contributed by atoms with Crippen molar-refractivity contribution in [1.29, 1.82) is 0 Å². The van der Waals surface area contributed by atoms with Gasteiger partial charge >= 0.3 is 0 Å². The second-order valence-electron chi connectivity index (χ2n) is 6.25. The third-order valence-electron chi connectivity index (χ3n) is 4.33. The van der Waals surface area contributed by atoms with Crippen molar-refractivity contribution in [3.8, 4) is 11.3 Å². The Kier molecular flexibility index (Phi) is 6.23. The van der Waals surface area contributed by atoms with E-state index in [-0.39, 0.29) is 16.7 Å². The van der Waals surface area contributed by atoms with Crippen LogP contribution in [0, 0.1) is 10.1 Å². The number of halogens is 1. The van der Waals surface area contributed by atoms with Gasteiger partial charge in [-0.3, -0.25) is 10.1 Å². The Hall–Kier alpha value is -2.25. The fraction of sp³-hybridized carbons (Fsp3) is 0.250. The van der Waals surface area contributed by atoms with Crippen LogP contribution in [0.15, 0.2) is 63.4 Å². The molecular formula is C20H20BrN3O2S. The zero-order chi connectivity index (χ0) is 19.4. The highest BCUT2D eigenvalue weighted by atomic mass is 79.9. The van der Waals surface area contributed by atoms with Gasteiger partial charge in [0, 0.05) is 27.5 Å². The zero-order valence-corrected chi connectivity index (χ0v) is 17.5. The molecule has 1 atom stereocenters. The van der Waals surface area contributed by atoms with Crippen molar-refractivity contribution in [3.63, 3.8) is 0 Å². The van der Waals surface area contributed by atoms with Crippen molar-refractivity contribution in [3.05, 3.63) is 73.3 Å². The number of aromatic nitrogens is 1. The molecule has 0 radical (unpaired) electrons. The van der Waals surface area contributed by atoms with Gasteiger partial charge in [0.25, 0.3) is 5.69 Å². The number of rotatable bonds is 6. The Morgan fingerprint density at radius 2 is 1.93 bits per heavy atom. The Labute approximate surface area is 170 Å². The minimum absolute atomic E-state index is 0.0167. The summed E-state index contributed by atoms with van der Waals surface area (Å²) in [7, 11) is 0. The van der Waals surface area contributed by atoms with Crippen LogP contribution in [0.5, 0.6) is 0 Å². The third kappa shape index (κ3) is 4.20. The van der Waals surface area contributed by atoms with Crippen LogP contribution in [-0.4, -0.2) is 9.49 Å². The largest absolute Gasteiger partial charge is 0.314 e. The van der Waals surface area contributed by atoms with Gasteiger partial charge in [0.05, 0.1) is 10.6 Å². The highest BCUT2D eigenvalue weighted by molar-refractivity contribution is 9.10. The molecule has 0 spiro atoms. The molecule has 2 aromatic carbocycles. The second-order valence-corrected chi connectivity index (χ2v) is 7.94. The van der Waals surface area contributed by atoms with E-state index in [1.165, 1.54) is 17.4 Å². The average Bonchev–Trinajstić information content (AvgIpc) is 3.06. The molecule has 1 aromatic heterocycles. The molecule has 0 fully saturated rings. The maximum absolute atomic E-state index is 11.3. The summed E-state index contributed by atoms with van der Waals surface area (Å²) in [5, 5.41) is 13.4. The van der Waals surface area contributed by atoms with Crippen LogP contribution in [0.3, 0.4) is 0 Å². The quantitative estimate of drug-likeness (QED) is 0.321. The average molecular weight is 446 g/mol. The van der Waals surface area contributed by atoms with Crippen molar-refractivity contribution in [2.45, 2.75) is 32.7 Å². The molecule has 140 valence electrons. The van der Waals surface area contributed by atoms with Crippen molar-refractivity contribution in [2.24, 2.45) is 4.99 Å². The molecule has 27 heavy (non-hydrogen) atoms. The Morgan fingerprint density at radius 1 is 1.22 bits per heavy atom. The van der Waals surface area contributed by atoms with Crippen LogP contribution >= 0.6 is 27.3 Å². The monoisotopic (exact) mass is 445 g/mol. The minimum Gasteiger partial charge on any atom is -0.314 e. The topological polar surface area (TPSA) is 60.4 Å². The molecule has 0 aliphatic heterocycles. The van der Waals surface area contributed by atoms with E-state index in [9.17, 15) is 10.1 Å². The zero-order valence-electron chi connectivity index (χ0n) is 15.1. The molecule has 0 aliphatic rings. The molecule has 0 N–H and O–H groups in total. The van der Waals surface area contributed by atoms with Gasteiger partial charge in [0.1, 0.15) is 5.69 Å². The lowest BCUT2D eigenvalue weighted by Gasteiger charge is -2.17. The third-order valence-corrected chi connectivity index (χ3v) is 5.86. The van der Waals surface area contributed by atoms with Crippen LogP contribution < -0.4 is 4.80 Å². The molecule has 0 amide bonds. The maximum Gasteiger partial charge on any atom is 0.294 e. The fourth-order valence-electron chi connectivity index (χ4n) is 3.06. The van der Waals surface area contributed by atoms with E-state index in [2.05, 4.69) is 50.8 Å². The predicted octanol–water partition coefficient (Wildman–Crippen LogP) is 6.48. The Bertz CT molecular complexity index is 1030. The van der Waals surface area contributed by atoms with E-state index in [4.69, 9.17) is 0 Å². The maximum atomic E-state index is 11.3. The first-order chi connectivity index (χ1) is 13.0. The highest BCUT2D eigenvalue weighted by Gasteiger charge is 2.17. The van der Waals surface area contributed by atoms with E-state index in [0.29, 0.717) is 5.69 Å². The number of benzene rings is 2. The van der Waals surface area contributed by atoms with Gasteiger partial charge in [-0.05, 0) is 25.5 Å². The molecular weight excluding hydrogens is 426 g/mol. The molecule has 5 nitrogen and oxygen atoms in total. The SMILES string of the molecule is CCCC(C)n1c(-c2ccccc2Br)csc1=Nc1ccccc1[N+](=O)[O-]. The summed E-state index contributed by atoms with van der Waals surface area (Å²) in [6.45, 7) is 4.31. The number of hydrogen-bond acceptors (Lipinski definition) is 4. The molecule has 3 rings (SSSR count). The van der Waals surface area contributed by atoms with Crippen LogP contribution in [0.1, 0.15) is 32.7 Å². The summed E-state index contributed by atoms with van der Waals surface area (Å²) < 4.78 is 3.20. The standard InChI is InChI=1S/C20H20BrN3O2S/c1-3-8-14(2)23-19(15-9-4-5-10-16(15)21)13-27-20(23)22-17-11-6-7-12-18(17)24(25)26/h4-7,9-14H,3,8H2,1-2H3. The molecule has 1 unspecified atom stereocenters. The van der Waals surface area contributed by atoms with Gasteiger partial charge < -0.3 is 4.57 Å². The summed E-state index contributed by atoms with van der Waals surface area (Å²) in [5.41, 5.74) is 2.54. The molecule has 0 saturated carbocycles. The van der Waals surface area contributed by atoms with Crippen LogP contribution in [0.2, 0.25) is 0 Å². The highest BCUT2D eigenvalue weighted by Crippen LogP contribution is 2.32. The number of thiazole rings is 1. The van der Waals surface area contributed by atoms with Crippen molar-refractivity contribution < 1.29 is 4.92 Å². The van der Waals surface area contributed by atoms with Crippen molar-refractivity contribution >= 4 is 38.6 Å². The van der Waals surface area contributed by atoms with Gasteiger partial charge in [-0.25, -0.2) is 4.99 Å².